The molecule has 1 aromatic carbocycles. The fourth-order valence-electron chi connectivity index (χ4n) is 2.64. The van der Waals surface area contributed by atoms with Crippen molar-refractivity contribution in [1.82, 2.24) is 14.8 Å². The summed E-state index contributed by atoms with van der Waals surface area (Å²) in [7, 11) is 0. The summed E-state index contributed by atoms with van der Waals surface area (Å²) >= 11 is 12.1. The summed E-state index contributed by atoms with van der Waals surface area (Å²) in [6, 6.07) is 6.70. The quantitative estimate of drug-likeness (QED) is 0.721. The molecular weight excluding hydrogens is 349 g/mol. The highest BCUT2D eigenvalue weighted by Gasteiger charge is 2.22. The average molecular weight is 364 g/mol. The molecule has 5 nitrogen and oxygen atoms in total. The zero-order chi connectivity index (χ0) is 17.6. The van der Waals surface area contributed by atoms with Crippen molar-refractivity contribution in [2.24, 2.45) is 0 Å². The van der Waals surface area contributed by atoms with Gasteiger partial charge in [0.2, 0.25) is 0 Å². The molecule has 1 N–H and O–H groups in total. The van der Waals surface area contributed by atoms with Crippen molar-refractivity contribution >= 4 is 40.2 Å². The molecule has 0 saturated carbocycles. The summed E-state index contributed by atoms with van der Waals surface area (Å²) in [5.74, 6) is -0.958. The number of aromatic carboxylic acids is 1. The van der Waals surface area contributed by atoms with Crippen LogP contribution >= 0.6 is 23.2 Å². The molecule has 24 heavy (non-hydrogen) atoms. The van der Waals surface area contributed by atoms with Crippen LogP contribution in [0.3, 0.4) is 0 Å². The second kappa shape index (κ2) is 6.07. The third-order valence-electron chi connectivity index (χ3n) is 3.72. The number of pyridine rings is 1. The van der Waals surface area contributed by atoms with Crippen molar-refractivity contribution in [3.8, 4) is 5.69 Å². The molecule has 0 aliphatic heterocycles. The number of carboxylic acid groups (broad SMARTS) is 1. The number of rotatable bonds is 3. The van der Waals surface area contributed by atoms with E-state index in [1.54, 1.807) is 35.9 Å². The highest BCUT2D eigenvalue weighted by Crippen LogP contribution is 2.31. The number of carbonyl (C=O) groups is 1. The van der Waals surface area contributed by atoms with E-state index < -0.39 is 5.97 Å². The van der Waals surface area contributed by atoms with E-state index in [9.17, 15) is 9.90 Å². The summed E-state index contributed by atoms with van der Waals surface area (Å²) < 4.78 is 1.62. The van der Waals surface area contributed by atoms with Crippen molar-refractivity contribution in [3.63, 3.8) is 0 Å². The fraction of sp³-hybridized carbons (Fsp3) is 0.235. The number of aromatic nitrogens is 3. The van der Waals surface area contributed by atoms with Gasteiger partial charge < -0.3 is 5.11 Å². The van der Waals surface area contributed by atoms with Crippen molar-refractivity contribution in [1.29, 1.82) is 0 Å². The monoisotopic (exact) mass is 363 g/mol. The summed E-state index contributed by atoms with van der Waals surface area (Å²) in [4.78, 5) is 16.2. The Morgan fingerprint density at radius 3 is 2.50 bits per heavy atom. The normalized spacial score (nSPS) is 11.4. The first kappa shape index (κ1) is 16.7. The second-order valence-electron chi connectivity index (χ2n) is 5.87. The summed E-state index contributed by atoms with van der Waals surface area (Å²) in [5, 5.41) is 15.6. The Balaban J connectivity index is 2.41. The first-order valence-corrected chi connectivity index (χ1v) is 8.14. The SMILES string of the molecule is Cc1cc(C(=O)O)c2c(C(C)C)nn(-c3ccc(Cl)c(Cl)c3)c2n1. The van der Waals surface area contributed by atoms with Crippen LogP contribution in [0.1, 0.15) is 41.5 Å². The average Bonchev–Trinajstić information content (AvgIpc) is 2.88. The highest BCUT2D eigenvalue weighted by atomic mass is 35.5. The molecule has 3 rings (SSSR count). The highest BCUT2D eigenvalue weighted by molar-refractivity contribution is 6.42. The van der Waals surface area contributed by atoms with Gasteiger partial charge in [0.25, 0.3) is 0 Å². The molecule has 0 unspecified atom stereocenters. The van der Waals surface area contributed by atoms with E-state index in [0.29, 0.717) is 38.2 Å². The van der Waals surface area contributed by atoms with E-state index >= 15 is 0 Å². The number of fused-ring (bicyclic) bond motifs is 1. The van der Waals surface area contributed by atoms with Crippen LogP contribution in [0, 0.1) is 6.92 Å². The Bertz CT molecular complexity index is 964. The summed E-state index contributed by atoms with van der Waals surface area (Å²) in [5.41, 5.74) is 2.66. The van der Waals surface area contributed by atoms with E-state index in [-0.39, 0.29) is 11.5 Å². The lowest BCUT2D eigenvalue weighted by atomic mass is 10.0. The fourth-order valence-corrected chi connectivity index (χ4v) is 2.93. The van der Waals surface area contributed by atoms with Crippen LogP contribution in [0.4, 0.5) is 0 Å². The molecule has 0 saturated heterocycles. The maximum absolute atomic E-state index is 11.7. The van der Waals surface area contributed by atoms with Gasteiger partial charge in [0.05, 0.1) is 32.4 Å². The Morgan fingerprint density at radius 2 is 1.92 bits per heavy atom. The zero-order valence-electron chi connectivity index (χ0n) is 13.3. The number of nitrogens with zero attached hydrogens (tertiary/aromatic N) is 3. The van der Waals surface area contributed by atoms with Gasteiger partial charge in [-0.25, -0.2) is 14.5 Å². The van der Waals surface area contributed by atoms with Crippen molar-refractivity contribution in [3.05, 3.63) is 51.3 Å². The summed E-state index contributed by atoms with van der Waals surface area (Å²) in [6.07, 6.45) is 0. The number of carboxylic acids is 1. The molecule has 2 heterocycles. The lowest BCUT2D eigenvalue weighted by Crippen LogP contribution is -2.02. The number of hydrogen-bond acceptors (Lipinski definition) is 3. The number of hydrogen-bond donors (Lipinski definition) is 1. The van der Waals surface area contributed by atoms with E-state index in [0.717, 1.165) is 0 Å². The maximum atomic E-state index is 11.7. The van der Waals surface area contributed by atoms with Gasteiger partial charge in [0.15, 0.2) is 5.65 Å². The van der Waals surface area contributed by atoms with Gasteiger partial charge in [-0.05, 0) is 37.1 Å². The van der Waals surface area contributed by atoms with Gasteiger partial charge in [0, 0.05) is 5.69 Å². The van der Waals surface area contributed by atoms with Crippen molar-refractivity contribution in [2.45, 2.75) is 26.7 Å². The molecule has 2 aromatic heterocycles. The lowest BCUT2D eigenvalue weighted by molar-refractivity contribution is 0.0698. The van der Waals surface area contributed by atoms with Gasteiger partial charge in [-0.15, -0.1) is 0 Å². The van der Waals surface area contributed by atoms with Crippen LogP contribution in [0.15, 0.2) is 24.3 Å². The van der Waals surface area contributed by atoms with Crippen molar-refractivity contribution in [2.75, 3.05) is 0 Å². The molecule has 7 heteroatoms. The van der Waals surface area contributed by atoms with Gasteiger partial charge in [0.1, 0.15) is 0 Å². The minimum Gasteiger partial charge on any atom is -0.478 e. The van der Waals surface area contributed by atoms with Crippen LogP contribution in [0.5, 0.6) is 0 Å². The first-order chi connectivity index (χ1) is 11.3. The van der Waals surface area contributed by atoms with Crippen LogP contribution in [-0.4, -0.2) is 25.8 Å². The molecule has 0 aliphatic rings. The molecular formula is C17H15Cl2N3O2. The predicted molar refractivity (Wildman–Crippen MR) is 94.7 cm³/mol. The van der Waals surface area contributed by atoms with Crippen LogP contribution in [0.2, 0.25) is 10.0 Å². The van der Waals surface area contributed by atoms with E-state index in [1.165, 1.54) is 0 Å². The third-order valence-corrected chi connectivity index (χ3v) is 4.46. The lowest BCUT2D eigenvalue weighted by Gasteiger charge is -2.06. The third kappa shape index (κ3) is 2.74. The Kier molecular flexibility index (Phi) is 4.24. The molecule has 0 bridgehead atoms. The van der Waals surface area contributed by atoms with Crippen LogP contribution < -0.4 is 0 Å². The topological polar surface area (TPSA) is 68.0 Å². The summed E-state index contributed by atoms with van der Waals surface area (Å²) in [6.45, 7) is 5.69. The molecule has 3 aromatic rings. The zero-order valence-corrected chi connectivity index (χ0v) is 14.9. The molecule has 124 valence electrons. The molecule has 0 amide bonds. The van der Waals surface area contributed by atoms with E-state index in [2.05, 4.69) is 10.1 Å². The predicted octanol–water partition coefficient (Wildman–Crippen LogP) is 4.86. The number of benzene rings is 1. The van der Waals surface area contributed by atoms with E-state index in [4.69, 9.17) is 23.2 Å². The van der Waals surface area contributed by atoms with Gasteiger partial charge in [-0.1, -0.05) is 37.0 Å². The van der Waals surface area contributed by atoms with Crippen LogP contribution in [-0.2, 0) is 0 Å². The standard InChI is InChI=1S/C17H15Cl2N3O2/c1-8(2)15-14-11(17(23)24)6-9(3)20-16(14)22(21-15)10-4-5-12(18)13(19)7-10/h4-8H,1-3H3,(H,23,24). The number of aryl methyl sites for hydroxylation is 1. The van der Waals surface area contributed by atoms with Gasteiger partial charge in [-0.2, -0.15) is 5.10 Å². The Hall–Kier alpha value is -2.11. The first-order valence-electron chi connectivity index (χ1n) is 7.38. The molecule has 0 atom stereocenters. The largest absolute Gasteiger partial charge is 0.478 e. The minimum atomic E-state index is -0.999. The maximum Gasteiger partial charge on any atom is 0.336 e. The molecule has 0 aliphatic carbocycles. The van der Waals surface area contributed by atoms with Gasteiger partial charge >= 0.3 is 5.97 Å². The second-order valence-corrected chi connectivity index (χ2v) is 6.68. The van der Waals surface area contributed by atoms with Gasteiger partial charge in [-0.3, -0.25) is 0 Å². The van der Waals surface area contributed by atoms with Crippen molar-refractivity contribution < 1.29 is 9.90 Å². The van der Waals surface area contributed by atoms with Crippen LogP contribution in [0.25, 0.3) is 16.7 Å². The molecule has 0 fully saturated rings. The molecule has 0 radical (unpaired) electrons. The Morgan fingerprint density at radius 1 is 1.21 bits per heavy atom. The van der Waals surface area contributed by atoms with E-state index in [1.807, 2.05) is 13.8 Å². The Labute approximate surface area is 148 Å². The molecule has 0 spiro atoms. The minimum absolute atomic E-state index is 0.0409. The number of halogens is 2. The smallest absolute Gasteiger partial charge is 0.336 e.